The molecule has 3 rings (SSSR count). The Balaban J connectivity index is 1.75. The number of hydrogen-bond acceptors (Lipinski definition) is 7. The first-order chi connectivity index (χ1) is 13.6. The number of aliphatic hydroxyl groups excluding tert-OH is 1. The number of rotatable bonds is 3. The lowest BCUT2D eigenvalue weighted by atomic mass is 10.1. The molecule has 0 saturated carbocycles. The van der Waals surface area contributed by atoms with E-state index in [0.29, 0.717) is 5.56 Å². The van der Waals surface area contributed by atoms with Crippen molar-refractivity contribution in [2.24, 2.45) is 0 Å². The Labute approximate surface area is 160 Å². The van der Waals surface area contributed by atoms with Crippen LogP contribution in [0.25, 0.3) is 5.76 Å². The van der Waals surface area contributed by atoms with Crippen molar-refractivity contribution in [2.45, 2.75) is 6.92 Å². The van der Waals surface area contributed by atoms with Crippen LogP contribution in [-0.4, -0.2) is 26.1 Å². The van der Waals surface area contributed by atoms with Crippen LogP contribution in [0.3, 0.4) is 0 Å². The van der Waals surface area contributed by atoms with Crippen molar-refractivity contribution in [2.75, 3.05) is 5.32 Å². The molecule has 8 nitrogen and oxygen atoms in total. The normalized spacial score (nSPS) is 10.9. The van der Waals surface area contributed by atoms with E-state index in [-0.39, 0.29) is 17.3 Å². The molecule has 0 radical (unpaired) electrons. The number of anilines is 1. The second-order valence-electron chi connectivity index (χ2n) is 5.50. The van der Waals surface area contributed by atoms with Crippen molar-refractivity contribution in [1.82, 2.24) is 15.1 Å². The van der Waals surface area contributed by atoms with Gasteiger partial charge in [0, 0.05) is 18.0 Å². The fraction of sp³-hybridized carbons (Fsp3) is 0.0500. The van der Waals surface area contributed by atoms with Crippen molar-refractivity contribution in [3.8, 4) is 17.9 Å². The molecule has 0 fully saturated rings. The average molecular weight is 371 g/mol. The zero-order chi connectivity index (χ0) is 19.9. The monoisotopic (exact) mass is 371 g/mol. The van der Waals surface area contributed by atoms with E-state index in [1.807, 2.05) is 30.3 Å². The Morgan fingerprint density at radius 2 is 1.79 bits per heavy atom. The van der Waals surface area contributed by atoms with E-state index in [1.165, 1.54) is 18.6 Å². The Bertz CT molecular complexity index is 1130. The van der Waals surface area contributed by atoms with E-state index >= 15 is 0 Å². The quantitative estimate of drug-likeness (QED) is 0.314. The minimum absolute atomic E-state index is 0.0298. The van der Waals surface area contributed by atoms with Crippen LogP contribution in [0.2, 0.25) is 0 Å². The van der Waals surface area contributed by atoms with E-state index in [9.17, 15) is 15.2 Å². The molecule has 136 valence electrons. The molecule has 0 bridgehead atoms. The minimum Gasteiger partial charge on any atom is -0.506 e. The summed E-state index contributed by atoms with van der Waals surface area (Å²) >= 11 is 0. The second kappa shape index (κ2) is 8.30. The molecule has 0 aliphatic rings. The van der Waals surface area contributed by atoms with E-state index in [0.717, 1.165) is 5.56 Å². The summed E-state index contributed by atoms with van der Waals surface area (Å²) in [6, 6.07) is 11.1. The largest absolute Gasteiger partial charge is 0.506 e. The molecule has 28 heavy (non-hydrogen) atoms. The van der Waals surface area contributed by atoms with Crippen molar-refractivity contribution in [3.63, 3.8) is 0 Å². The molecule has 3 aromatic rings. The zero-order valence-corrected chi connectivity index (χ0v) is 14.7. The lowest BCUT2D eigenvalue weighted by Crippen LogP contribution is -2.17. The SMILES string of the molecule is Cc1oncc1/C(O)=C(\C#N)C(=O)Nc1ncc(C#Cc2ccccc2)cn1. The molecule has 0 aliphatic carbocycles. The first-order valence-electron chi connectivity index (χ1n) is 8.04. The topological polar surface area (TPSA) is 125 Å². The van der Waals surface area contributed by atoms with Crippen LogP contribution in [0.15, 0.2) is 59.0 Å². The number of benzene rings is 1. The van der Waals surface area contributed by atoms with E-state index in [1.54, 1.807) is 13.0 Å². The molecule has 0 unspecified atom stereocenters. The number of hydrogen-bond donors (Lipinski definition) is 2. The van der Waals surface area contributed by atoms with Crippen molar-refractivity contribution in [1.29, 1.82) is 5.26 Å². The predicted octanol–water partition coefficient (Wildman–Crippen LogP) is 2.60. The van der Waals surface area contributed by atoms with Crippen LogP contribution in [-0.2, 0) is 4.79 Å². The van der Waals surface area contributed by atoms with Gasteiger partial charge in [0.05, 0.1) is 17.3 Å². The number of carbonyl (C=O) groups excluding carboxylic acids is 1. The van der Waals surface area contributed by atoms with Crippen molar-refractivity contribution in [3.05, 3.63) is 76.9 Å². The Kier molecular flexibility index (Phi) is 5.44. The lowest BCUT2D eigenvalue weighted by molar-refractivity contribution is -0.112. The molecule has 0 spiro atoms. The van der Waals surface area contributed by atoms with Crippen LogP contribution in [0.5, 0.6) is 0 Å². The summed E-state index contributed by atoms with van der Waals surface area (Å²) in [5.41, 5.74) is 1.05. The third-order valence-electron chi connectivity index (χ3n) is 3.58. The molecular formula is C20H13N5O3. The Morgan fingerprint density at radius 3 is 2.39 bits per heavy atom. The summed E-state index contributed by atoms with van der Waals surface area (Å²) in [4.78, 5) is 20.3. The highest BCUT2D eigenvalue weighted by molar-refractivity contribution is 6.10. The van der Waals surface area contributed by atoms with Gasteiger partial charge in [0.1, 0.15) is 11.8 Å². The number of aliphatic hydroxyl groups is 1. The van der Waals surface area contributed by atoms with Gasteiger partial charge in [0.25, 0.3) is 5.91 Å². The summed E-state index contributed by atoms with van der Waals surface area (Å²) in [5, 5.41) is 25.2. The number of nitrogens with zero attached hydrogens (tertiary/aromatic N) is 4. The number of carbonyl (C=O) groups is 1. The van der Waals surface area contributed by atoms with Gasteiger partial charge in [0.15, 0.2) is 11.3 Å². The van der Waals surface area contributed by atoms with Crippen LogP contribution in [0.1, 0.15) is 22.5 Å². The number of nitrogens with one attached hydrogen (secondary N) is 1. The summed E-state index contributed by atoms with van der Waals surface area (Å²) in [6.07, 6.45) is 4.10. The van der Waals surface area contributed by atoms with Gasteiger partial charge < -0.3 is 9.63 Å². The van der Waals surface area contributed by atoms with Gasteiger partial charge in [-0.25, -0.2) is 9.97 Å². The van der Waals surface area contributed by atoms with Gasteiger partial charge >= 0.3 is 0 Å². The van der Waals surface area contributed by atoms with Gasteiger partial charge in [-0.3, -0.25) is 10.1 Å². The van der Waals surface area contributed by atoms with E-state index in [4.69, 9.17) is 4.52 Å². The molecule has 0 atom stereocenters. The van der Waals surface area contributed by atoms with Gasteiger partial charge in [-0.15, -0.1) is 0 Å². The Morgan fingerprint density at radius 1 is 1.11 bits per heavy atom. The summed E-state index contributed by atoms with van der Waals surface area (Å²) in [7, 11) is 0. The van der Waals surface area contributed by atoms with Crippen LogP contribution in [0.4, 0.5) is 5.95 Å². The summed E-state index contributed by atoms with van der Waals surface area (Å²) in [5.74, 6) is 4.73. The zero-order valence-electron chi connectivity index (χ0n) is 14.7. The molecule has 2 heterocycles. The maximum absolute atomic E-state index is 12.3. The molecular weight excluding hydrogens is 358 g/mol. The van der Waals surface area contributed by atoms with Gasteiger partial charge in [-0.2, -0.15) is 5.26 Å². The summed E-state index contributed by atoms with van der Waals surface area (Å²) < 4.78 is 4.82. The number of aromatic nitrogens is 3. The van der Waals surface area contributed by atoms with Gasteiger partial charge in [0.2, 0.25) is 5.95 Å². The number of aryl methyl sites for hydroxylation is 1. The fourth-order valence-electron chi connectivity index (χ4n) is 2.16. The highest BCUT2D eigenvalue weighted by atomic mass is 16.5. The Hall–Kier alpha value is -4.43. The standard InChI is InChI=1S/C20H13N5O3/c1-13-17(12-24-28-13)18(26)16(9-21)19(27)25-20-22-10-15(11-23-20)8-7-14-5-3-2-4-6-14/h2-6,10-12,26H,1H3,(H,22,23,25,27)/b18-16-. The first kappa shape index (κ1) is 18.4. The highest BCUT2D eigenvalue weighted by Gasteiger charge is 2.20. The fourth-order valence-corrected chi connectivity index (χ4v) is 2.16. The molecule has 0 aliphatic heterocycles. The predicted molar refractivity (Wildman–Crippen MR) is 99.5 cm³/mol. The highest BCUT2D eigenvalue weighted by Crippen LogP contribution is 2.20. The first-order valence-corrected chi connectivity index (χ1v) is 8.04. The number of nitriles is 1. The second-order valence-corrected chi connectivity index (χ2v) is 5.50. The molecule has 0 saturated heterocycles. The molecule has 2 N–H and O–H groups in total. The smallest absolute Gasteiger partial charge is 0.272 e. The van der Waals surface area contributed by atoms with Crippen LogP contribution < -0.4 is 5.32 Å². The number of amides is 1. The lowest BCUT2D eigenvalue weighted by Gasteiger charge is -2.04. The van der Waals surface area contributed by atoms with Crippen LogP contribution >= 0.6 is 0 Å². The molecule has 1 aromatic carbocycles. The van der Waals surface area contributed by atoms with Crippen molar-refractivity contribution >= 4 is 17.6 Å². The third kappa shape index (κ3) is 4.21. The molecule has 8 heteroatoms. The molecule has 2 aromatic heterocycles. The maximum atomic E-state index is 12.3. The van der Waals surface area contributed by atoms with Crippen LogP contribution in [0, 0.1) is 30.1 Å². The van der Waals surface area contributed by atoms with Crippen molar-refractivity contribution < 1.29 is 14.4 Å². The van der Waals surface area contributed by atoms with E-state index in [2.05, 4.69) is 32.3 Å². The van der Waals surface area contributed by atoms with Gasteiger partial charge in [-0.05, 0) is 19.1 Å². The maximum Gasteiger partial charge on any atom is 0.272 e. The summed E-state index contributed by atoms with van der Waals surface area (Å²) in [6.45, 7) is 1.55. The van der Waals surface area contributed by atoms with Gasteiger partial charge in [-0.1, -0.05) is 35.2 Å². The third-order valence-corrected chi connectivity index (χ3v) is 3.58. The minimum atomic E-state index is -0.858. The average Bonchev–Trinajstić information content (AvgIpc) is 3.14. The molecule has 1 amide bonds. The van der Waals surface area contributed by atoms with E-state index < -0.39 is 17.2 Å².